The van der Waals surface area contributed by atoms with Crippen LogP contribution in [0.1, 0.15) is 17.4 Å². The van der Waals surface area contributed by atoms with Gasteiger partial charge in [-0.3, -0.25) is 0 Å². The summed E-state index contributed by atoms with van der Waals surface area (Å²) in [5.74, 6) is 0.446. The third-order valence-electron chi connectivity index (χ3n) is 5.61. The highest BCUT2D eigenvalue weighted by atomic mass is 32.1. The van der Waals surface area contributed by atoms with Crippen molar-refractivity contribution in [3.05, 3.63) is 64.5 Å². The maximum Gasteiger partial charge on any atom is 0.164 e. The Morgan fingerprint density at radius 1 is 1.09 bits per heavy atom. The van der Waals surface area contributed by atoms with E-state index >= 15 is 0 Å². The van der Waals surface area contributed by atoms with Gasteiger partial charge in [-0.05, 0) is 30.7 Å². The monoisotopic (exact) mass is 454 g/mol. The fourth-order valence-corrected chi connectivity index (χ4v) is 4.21. The molecule has 0 unspecified atom stereocenters. The van der Waals surface area contributed by atoms with Gasteiger partial charge in [0.05, 0.1) is 24.1 Å². The van der Waals surface area contributed by atoms with E-state index in [9.17, 15) is 25.7 Å². The van der Waals surface area contributed by atoms with E-state index in [0.717, 1.165) is 11.1 Å². The van der Waals surface area contributed by atoms with Crippen LogP contribution in [0.15, 0.2) is 53.1 Å². The number of aryl methyl sites for hydroxylation is 1. The second-order valence-corrected chi connectivity index (χ2v) is 8.05. The minimum absolute atomic E-state index is 0.0568. The lowest BCUT2D eigenvalue weighted by Gasteiger charge is -2.41. The highest BCUT2D eigenvalue weighted by Crippen LogP contribution is 2.37. The molecule has 32 heavy (non-hydrogen) atoms. The lowest BCUT2D eigenvalue weighted by atomic mass is 9.96. The van der Waals surface area contributed by atoms with E-state index in [4.69, 9.17) is 21.4 Å². The topological polar surface area (TPSA) is 132 Å². The quantitative estimate of drug-likeness (QED) is 0.442. The lowest BCUT2D eigenvalue weighted by molar-refractivity contribution is -0.251. The maximum absolute atomic E-state index is 10.7. The molecule has 9 heteroatoms. The van der Waals surface area contributed by atoms with Crippen molar-refractivity contribution in [3.63, 3.8) is 0 Å². The smallest absolute Gasteiger partial charge is 0.164 e. The summed E-state index contributed by atoms with van der Waals surface area (Å²) in [5.41, 5.74) is 2.86. The molecule has 4 rings (SSSR count). The van der Waals surface area contributed by atoms with E-state index in [1.165, 1.54) is 10.8 Å². The molecule has 166 valence electrons. The van der Waals surface area contributed by atoms with Crippen LogP contribution in [0, 0.1) is 22.9 Å². The number of rotatable bonds is 4. The summed E-state index contributed by atoms with van der Waals surface area (Å²) in [6.07, 6.45) is -5.56. The normalized spacial score (nSPS) is 25.4. The molecule has 1 aromatic carbocycles. The van der Waals surface area contributed by atoms with Crippen molar-refractivity contribution in [2.75, 3.05) is 6.61 Å². The average molecular weight is 455 g/mol. The van der Waals surface area contributed by atoms with Crippen molar-refractivity contribution >= 4 is 12.2 Å². The van der Waals surface area contributed by atoms with Gasteiger partial charge in [0.2, 0.25) is 0 Å². The number of aliphatic hydroxyl groups excluding tert-OH is 4. The second kappa shape index (κ2) is 8.96. The van der Waals surface area contributed by atoms with Gasteiger partial charge in [-0.25, -0.2) is 0 Å². The van der Waals surface area contributed by atoms with Gasteiger partial charge in [0.15, 0.2) is 6.23 Å². The van der Waals surface area contributed by atoms with Crippen molar-refractivity contribution in [3.8, 4) is 28.7 Å². The van der Waals surface area contributed by atoms with E-state index in [-0.39, 0.29) is 10.2 Å². The molecular weight excluding hydrogens is 432 g/mol. The molecule has 0 bridgehead atoms. The zero-order chi connectivity index (χ0) is 23.0. The average Bonchev–Trinajstić information content (AvgIpc) is 3.33. The number of furan rings is 1. The highest BCUT2D eigenvalue weighted by Gasteiger charge is 2.45. The number of benzene rings is 1. The second-order valence-electron chi connectivity index (χ2n) is 7.67. The number of pyridine rings is 1. The third-order valence-corrected chi connectivity index (χ3v) is 6.01. The summed E-state index contributed by atoms with van der Waals surface area (Å²) >= 11 is 5.64. The van der Waals surface area contributed by atoms with Gasteiger partial charge in [0.1, 0.15) is 40.9 Å². The van der Waals surface area contributed by atoms with Crippen molar-refractivity contribution in [2.45, 2.75) is 37.6 Å². The predicted octanol–water partition coefficient (Wildman–Crippen LogP) is 2.30. The summed E-state index contributed by atoms with van der Waals surface area (Å²) in [5, 5.41) is 50.7. The molecule has 1 aliphatic rings. The Morgan fingerprint density at radius 3 is 2.41 bits per heavy atom. The minimum atomic E-state index is -1.59. The molecule has 1 saturated heterocycles. The standard InChI is InChI=1S/C23H22N2O6S/c1-12-4-6-13(7-5-12)16-9-14(17-3-2-8-30-17)15(10-24)23(32)25(16)22-21(29)20(28)19(27)18(11-26)31-22/h2-9,18-22,26-29H,11H2,1H3/t18-,19+,20+,21-,22+/m0/s1. The first-order chi connectivity index (χ1) is 15.4. The Bertz CT molecular complexity index is 1200. The summed E-state index contributed by atoms with van der Waals surface area (Å²) < 4.78 is 12.8. The highest BCUT2D eigenvalue weighted by molar-refractivity contribution is 7.71. The molecule has 0 spiro atoms. The fraction of sp³-hybridized carbons (Fsp3) is 0.304. The van der Waals surface area contributed by atoms with Gasteiger partial charge in [-0.15, -0.1) is 0 Å². The first-order valence-electron chi connectivity index (χ1n) is 9.98. The molecule has 5 atom stereocenters. The molecule has 8 nitrogen and oxygen atoms in total. The predicted molar refractivity (Wildman–Crippen MR) is 117 cm³/mol. The molecule has 1 aliphatic heterocycles. The van der Waals surface area contributed by atoms with Gasteiger partial charge >= 0.3 is 0 Å². The van der Waals surface area contributed by atoms with Crippen LogP contribution in [0.4, 0.5) is 0 Å². The fourth-order valence-electron chi connectivity index (χ4n) is 3.85. The molecule has 0 aliphatic carbocycles. The van der Waals surface area contributed by atoms with Gasteiger partial charge in [-0.1, -0.05) is 42.0 Å². The van der Waals surface area contributed by atoms with Gasteiger partial charge in [0, 0.05) is 5.56 Å². The van der Waals surface area contributed by atoms with Crippen LogP contribution in [0.5, 0.6) is 0 Å². The molecule has 4 N–H and O–H groups in total. The number of nitriles is 1. The van der Waals surface area contributed by atoms with E-state index < -0.39 is 37.3 Å². The van der Waals surface area contributed by atoms with Gasteiger partial charge in [-0.2, -0.15) is 5.26 Å². The molecule has 0 amide bonds. The van der Waals surface area contributed by atoms with Crippen LogP contribution < -0.4 is 0 Å². The summed E-state index contributed by atoms with van der Waals surface area (Å²) in [7, 11) is 0. The SMILES string of the molecule is Cc1ccc(-c2cc(-c3ccco3)c(C#N)c(=S)n2[C@@H]2O[C@@H](CO)[C@@H](O)[C@@H](O)[C@@H]2O)cc1. The number of aliphatic hydroxyl groups is 4. The zero-order valence-corrected chi connectivity index (χ0v) is 17.9. The molecular formula is C23H22N2O6S. The van der Waals surface area contributed by atoms with Gasteiger partial charge in [0.25, 0.3) is 0 Å². The number of nitrogens with zero attached hydrogens (tertiary/aromatic N) is 2. The Hall–Kier alpha value is -2.84. The molecule has 3 aromatic rings. The Kier molecular flexibility index (Phi) is 6.26. The number of aromatic nitrogens is 1. The molecule has 1 fully saturated rings. The van der Waals surface area contributed by atoms with E-state index in [1.807, 2.05) is 31.2 Å². The molecule has 0 saturated carbocycles. The van der Waals surface area contributed by atoms with E-state index in [0.29, 0.717) is 17.0 Å². The van der Waals surface area contributed by atoms with Crippen molar-refractivity contribution in [2.24, 2.45) is 0 Å². The Labute approximate surface area is 189 Å². The van der Waals surface area contributed by atoms with Crippen LogP contribution >= 0.6 is 12.2 Å². The zero-order valence-electron chi connectivity index (χ0n) is 17.1. The summed E-state index contributed by atoms with van der Waals surface area (Å²) in [4.78, 5) is 0. The van der Waals surface area contributed by atoms with Crippen LogP contribution in [0.25, 0.3) is 22.6 Å². The van der Waals surface area contributed by atoms with Crippen molar-refractivity contribution in [1.82, 2.24) is 4.57 Å². The first kappa shape index (κ1) is 22.4. The van der Waals surface area contributed by atoms with Crippen molar-refractivity contribution < 1.29 is 29.6 Å². The number of ether oxygens (including phenoxy) is 1. The number of hydrogen-bond acceptors (Lipinski definition) is 8. The van der Waals surface area contributed by atoms with Crippen molar-refractivity contribution in [1.29, 1.82) is 5.26 Å². The lowest BCUT2D eigenvalue weighted by Crippen LogP contribution is -2.56. The minimum Gasteiger partial charge on any atom is -0.464 e. The van der Waals surface area contributed by atoms with Crippen LogP contribution in [-0.2, 0) is 4.74 Å². The van der Waals surface area contributed by atoms with Gasteiger partial charge < -0.3 is 34.1 Å². The Balaban J connectivity index is 2.00. The van der Waals surface area contributed by atoms with E-state index in [1.54, 1.807) is 18.2 Å². The third kappa shape index (κ3) is 3.78. The summed E-state index contributed by atoms with van der Waals surface area (Å²) in [6.45, 7) is 1.37. The van der Waals surface area contributed by atoms with Crippen LogP contribution in [0.3, 0.4) is 0 Å². The first-order valence-corrected chi connectivity index (χ1v) is 10.4. The molecule has 0 radical (unpaired) electrons. The molecule has 3 heterocycles. The van der Waals surface area contributed by atoms with Crippen LogP contribution in [0.2, 0.25) is 0 Å². The Morgan fingerprint density at radius 2 is 1.81 bits per heavy atom. The largest absolute Gasteiger partial charge is 0.464 e. The maximum atomic E-state index is 10.7. The summed E-state index contributed by atoms with van der Waals surface area (Å²) in [6, 6.07) is 14.7. The van der Waals surface area contributed by atoms with Crippen LogP contribution in [-0.4, -0.2) is 56.0 Å². The van der Waals surface area contributed by atoms with E-state index in [2.05, 4.69) is 6.07 Å². The number of hydrogen-bond donors (Lipinski definition) is 4. The molecule has 2 aromatic heterocycles.